The summed E-state index contributed by atoms with van der Waals surface area (Å²) >= 11 is 0. The van der Waals surface area contributed by atoms with Gasteiger partial charge in [0, 0.05) is 32.8 Å². The number of ether oxygens (including phenoxy) is 1. The normalized spacial score (nSPS) is 27.6. The summed E-state index contributed by atoms with van der Waals surface area (Å²) in [5, 5.41) is 8.73. The van der Waals surface area contributed by atoms with Gasteiger partial charge in [-0.1, -0.05) is 0 Å². The van der Waals surface area contributed by atoms with E-state index in [9.17, 15) is 8.42 Å². The van der Waals surface area contributed by atoms with Crippen LogP contribution >= 0.6 is 0 Å². The van der Waals surface area contributed by atoms with Gasteiger partial charge in [-0.05, 0) is 20.3 Å². The first-order valence-corrected chi connectivity index (χ1v) is 7.25. The van der Waals surface area contributed by atoms with Crippen molar-refractivity contribution in [3.8, 4) is 0 Å². The molecule has 0 amide bonds. The summed E-state index contributed by atoms with van der Waals surface area (Å²) in [4.78, 5) is 0. The van der Waals surface area contributed by atoms with Crippen LogP contribution in [0.15, 0.2) is 0 Å². The van der Waals surface area contributed by atoms with Crippen LogP contribution in [-0.4, -0.2) is 67.6 Å². The predicted molar refractivity (Wildman–Crippen MR) is 64.8 cm³/mol. The number of rotatable bonds is 5. The standard InChI is InChI=1S/C10H22N2O4S/c1-9-8-16-10(2)7-12(9)17(14,15)11(3)5-4-6-13/h9-10,13H,4-8H2,1-3H3. The first-order chi connectivity index (χ1) is 7.89. The van der Waals surface area contributed by atoms with Crippen LogP contribution in [0.25, 0.3) is 0 Å². The van der Waals surface area contributed by atoms with Gasteiger partial charge in [0.1, 0.15) is 0 Å². The molecule has 0 aromatic rings. The molecule has 1 heterocycles. The molecule has 0 bridgehead atoms. The van der Waals surface area contributed by atoms with Crippen molar-refractivity contribution in [1.29, 1.82) is 0 Å². The third kappa shape index (κ3) is 3.62. The molecule has 0 radical (unpaired) electrons. The fourth-order valence-electron chi connectivity index (χ4n) is 1.78. The molecule has 0 aromatic carbocycles. The molecule has 102 valence electrons. The average molecular weight is 266 g/mol. The fraction of sp³-hybridized carbons (Fsp3) is 1.00. The highest BCUT2D eigenvalue weighted by molar-refractivity contribution is 7.86. The van der Waals surface area contributed by atoms with Gasteiger partial charge in [0.05, 0.1) is 12.7 Å². The van der Waals surface area contributed by atoms with Crippen molar-refractivity contribution >= 4 is 10.2 Å². The first kappa shape index (κ1) is 14.8. The molecule has 1 saturated heterocycles. The Morgan fingerprint density at radius 2 is 2.12 bits per heavy atom. The quantitative estimate of drug-likeness (QED) is 0.739. The third-order valence-corrected chi connectivity index (χ3v) is 4.94. The molecular weight excluding hydrogens is 244 g/mol. The van der Waals surface area contributed by atoms with Crippen LogP contribution < -0.4 is 0 Å². The number of morpholine rings is 1. The summed E-state index contributed by atoms with van der Waals surface area (Å²) in [7, 11) is -1.90. The molecular formula is C10H22N2O4S. The zero-order chi connectivity index (χ0) is 13.1. The molecule has 0 saturated carbocycles. The van der Waals surface area contributed by atoms with Gasteiger partial charge >= 0.3 is 0 Å². The van der Waals surface area contributed by atoms with Crippen molar-refractivity contribution in [2.24, 2.45) is 0 Å². The molecule has 2 unspecified atom stereocenters. The third-order valence-electron chi connectivity index (χ3n) is 2.87. The molecule has 0 aliphatic carbocycles. The van der Waals surface area contributed by atoms with E-state index in [1.54, 1.807) is 0 Å². The summed E-state index contributed by atoms with van der Waals surface area (Å²) in [6.07, 6.45) is 0.372. The zero-order valence-corrected chi connectivity index (χ0v) is 11.5. The molecule has 1 rings (SSSR count). The van der Waals surface area contributed by atoms with E-state index in [-0.39, 0.29) is 18.8 Å². The Morgan fingerprint density at radius 1 is 1.47 bits per heavy atom. The zero-order valence-electron chi connectivity index (χ0n) is 10.7. The molecule has 7 heteroatoms. The van der Waals surface area contributed by atoms with Crippen LogP contribution in [0.1, 0.15) is 20.3 Å². The van der Waals surface area contributed by atoms with Gasteiger partial charge in [-0.3, -0.25) is 0 Å². The lowest BCUT2D eigenvalue weighted by atomic mass is 10.2. The summed E-state index contributed by atoms with van der Waals surface area (Å²) < 4.78 is 32.7. The second-order valence-corrected chi connectivity index (χ2v) is 6.46. The predicted octanol–water partition coefficient (Wildman–Crippen LogP) is -0.345. The molecule has 2 atom stereocenters. The summed E-state index contributed by atoms with van der Waals surface area (Å²) in [5.74, 6) is 0. The monoisotopic (exact) mass is 266 g/mol. The number of hydrogen-bond donors (Lipinski definition) is 1. The van der Waals surface area contributed by atoms with E-state index in [1.807, 2.05) is 13.8 Å². The highest BCUT2D eigenvalue weighted by atomic mass is 32.2. The van der Waals surface area contributed by atoms with Crippen molar-refractivity contribution < 1.29 is 18.3 Å². The summed E-state index contributed by atoms with van der Waals surface area (Å²) in [6.45, 7) is 4.83. The van der Waals surface area contributed by atoms with Crippen molar-refractivity contribution in [2.75, 3.05) is 33.4 Å². The maximum atomic E-state index is 12.3. The van der Waals surface area contributed by atoms with E-state index in [2.05, 4.69) is 0 Å². The van der Waals surface area contributed by atoms with Crippen LogP contribution in [0.2, 0.25) is 0 Å². The highest BCUT2D eigenvalue weighted by Gasteiger charge is 2.35. The largest absolute Gasteiger partial charge is 0.396 e. The lowest BCUT2D eigenvalue weighted by Crippen LogP contribution is -2.54. The van der Waals surface area contributed by atoms with Gasteiger partial charge in [-0.2, -0.15) is 17.0 Å². The van der Waals surface area contributed by atoms with E-state index >= 15 is 0 Å². The van der Waals surface area contributed by atoms with Crippen LogP contribution in [0.4, 0.5) is 0 Å². The number of nitrogens with zero attached hydrogens (tertiary/aromatic N) is 2. The molecule has 0 aromatic heterocycles. The van der Waals surface area contributed by atoms with E-state index in [0.29, 0.717) is 26.1 Å². The van der Waals surface area contributed by atoms with Gasteiger partial charge in [-0.15, -0.1) is 0 Å². The van der Waals surface area contributed by atoms with Gasteiger partial charge in [-0.25, -0.2) is 0 Å². The fourth-order valence-corrected chi connectivity index (χ4v) is 3.41. The van der Waals surface area contributed by atoms with E-state index < -0.39 is 10.2 Å². The lowest BCUT2D eigenvalue weighted by molar-refractivity contribution is -0.0188. The Morgan fingerprint density at radius 3 is 2.71 bits per heavy atom. The van der Waals surface area contributed by atoms with Crippen LogP contribution in [0, 0.1) is 0 Å². The molecule has 1 N–H and O–H groups in total. The number of aliphatic hydroxyl groups is 1. The minimum absolute atomic E-state index is 0.00503. The highest BCUT2D eigenvalue weighted by Crippen LogP contribution is 2.18. The SMILES string of the molecule is CC1CN(S(=O)(=O)N(C)CCCO)C(C)CO1. The van der Waals surface area contributed by atoms with Gasteiger partial charge in [0.25, 0.3) is 10.2 Å². The second kappa shape index (κ2) is 6.10. The van der Waals surface area contributed by atoms with E-state index in [4.69, 9.17) is 9.84 Å². The molecule has 17 heavy (non-hydrogen) atoms. The van der Waals surface area contributed by atoms with Crippen molar-refractivity contribution in [2.45, 2.75) is 32.4 Å². The Hall–Kier alpha value is -0.210. The maximum Gasteiger partial charge on any atom is 0.282 e. The van der Waals surface area contributed by atoms with Crippen LogP contribution in [-0.2, 0) is 14.9 Å². The number of hydrogen-bond acceptors (Lipinski definition) is 4. The Bertz CT molecular complexity index is 333. The minimum atomic E-state index is -3.44. The van der Waals surface area contributed by atoms with Gasteiger partial charge in [0.15, 0.2) is 0 Å². The van der Waals surface area contributed by atoms with Gasteiger partial charge in [0.2, 0.25) is 0 Å². The molecule has 1 aliphatic heterocycles. The molecule has 1 aliphatic rings. The second-order valence-electron chi connectivity index (χ2n) is 4.47. The smallest absolute Gasteiger partial charge is 0.282 e. The lowest BCUT2D eigenvalue weighted by Gasteiger charge is -2.37. The maximum absolute atomic E-state index is 12.3. The Balaban J connectivity index is 2.73. The molecule has 6 nitrogen and oxygen atoms in total. The van der Waals surface area contributed by atoms with Crippen molar-refractivity contribution in [3.05, 3.63) is 0 Å². The van der Waals surface area contributed by atoms with Gasteiger partial charge < -0.3 is 9.84 Å². The first-order valence-electron chi connectivity index (χ1n) is 5.85. The van der Waals surface area contributed by atoms with Crippen molar-refractivity contribution in [1.82, 2.24) is 8.61 Å². The molecule has 0 spiro atoms. The van der Waals surface area contributed by atoms with Crippen LogP contribution in [0.3, 0.4) is 0 Å². The summed E-state index contributed by atoms with van der Waals surface area (Å²) in [5.41, 5.74) is 0. The topological polar surface area (TPSA) is 70.1 Å². The minimum Gasteiger partial charge on any atom is -0.396 e. The van der Waals surface area contributed by atoms with Crippen molar-refractivity contribution in [3.63, 3.8) is 0 Å². The summed E-state index contributed by atoms with van der Waals surface area (Å²) in [6, 6.07) is -0.146. The average Bonchev–Trinajstić information content (AvgIpc) is 2.28. The van der Waals surface area contributed by atoms with E-state index in [0.717, 1.165) is 0 Å². The Labute approximate surface area is 103 Å². The Kier molecular flexibility index (Phi) is 5.33. The van der Waals surface area contributed by atoms with Crippen LogP contribution in [0.5, 0.6) is 0 Å². The molecule has 1 fully saturated rings. The van der Waals surface area contributed by atoms with E-state index in [1.165, 1.54) is 15.7 Å². The number of aliphatic hydroxyl groups excluding tert-OH is 1.